The van der Waals surface area contributed by atoms with Crippen LogP contribution in [0.25, 0.3) is 0 Å². The lowest BCUT2D eigenvalue weighted by atomic mass is 9.83. The second-order valence-electron chi connectivity index (χ2n) is 6.78. The molecule has 3 heteroatoms. The number of nitrogens with zero attached hydrogens (tertiary/aromatic N) is 1. The molecule has 0 unspecified atom stereocenters. The van der Waals surface area contributed by atoms with E-state index in [0.717, 1.165) is 18.5 Å². The van der Waals surface area contributed by atoms with Crippen molar-refractivity contribution < 1.29 is 9.59 Å². The number of fused-ring (bicyclic) bond motifs is 2. The van der Waals surface area contributed by atoms with Gasteiger partial charge in [0.15, 0.2) is 11.6 Å². The third-order valence-electron chi connectivity index (χ3n) is 5.33. The number of anilines is 1. The minimum atomic E-state index is -0.0583. The van der Waals surface area contributed by atoms with E-state index in [1.807, 2.05) is 24.3 Å². The molecule has 0 heterocycles. The summed E-state index contributed by atoms with van der Waals surface area (Å²) < 4.78 is 0. The minimum Gasteiger partial charge on any atom is -0.364 e. The van der Waals surface area contributed by atoms with Gasteiger partial charge >= 0.3 is 0 Å². The molecule has 2 aliphatic carbocycles. The van der Waals surface area contributed by atoms with Crippen molar-refractivity contribution in [2.75, 3.05) is 11.4 Å². The van der Waals surface area contributed by atoms with Crippen LogP contribution >= 0.6 is 0 Å². The summed E-state index contributed by atoms with van der Waals surface area (Å²) in [6.45, 7) is 4.57. The monoisotopic (exact) mass is 331 g/mol. The SMILES string of the molecule is C=CCN(c1cccc2c1C(=O)c1ccccc1C2=O)C1CCCC1. The van der Waals surface area contributed by atoms with Gasteiger partial charge in [-0.3, -0.25) is 9.59 Å². The predicted octanol–water partition coefficient (Wildman–Crippen LogP) is 4.40. The standard InChI is InChI=1S/C22H21NO2/c1-2-14-23(15-8-3-4-9-15)19-13-7-12-18-20(19)22(25)17-11-6-5-10-16(17)21(18)24/h2,5-7,10-13,15H,1,3-4,8-9,14H2. The molecule has 0 amide bonds. The molecule has 0 aliphatic heterocycles. The molecule has 0 bridgehead atoms. The van der Waals surface area contributed by atoms with Crippen LogP contribution in [0.4, 0.5) is 5.69 Å². The average molecular weight is 331 g/mol. The Kier molecular flexibility index (Phi) is 4.00. The molecule has 2 aromatic rings. The smallest absolute Gasteiger partial charge is 0.196 e. The summed E-state index contributed by atoms with van der Waals surface area (Å²) in [5.74, 6) is -0.107. The van der Waals surface area contributed by atoms with E-state index in [0.29, 0.717) is 34.8 Å². The number of hydrogen-bond acceptors (Lipinski definition) is 3. The molecule has 0 N–H and O–H groups in total. The quantitative estimate of drug-likeness (QED) is 0.665. The Balaban J connectivity index is 1.88. The van der Waals surface area contributed by atoms with Crippen LogP contribution in [0, 0.1) is 0 Å². The molecule has 0 radical (unpaired) electrons. The first kappa shape index (κ1) is 15.8. The van der Waals surface area contributed by atoms with Crippen LogP contribution in [0.3, 0.4) is 0 Å². The Hall–Kier alpha value is -2.68. The lowest BCUT2D eigenvalue weighted by molar-refractivity contribution is 0.0979. The molecule has 3 nitrogen and oxygen atoms in total. The number of hydrogen-bond donors (Lipinski definition) is 0. The van der Waals surface area contributed by atoms with E-state index in [1.165, 1.54) is 12.8 Å². The number of rotatable bonds is 4. The van der Waals surface area contributed by atoms with E-state index < -0.39 is 0 Å². The molecule has 126 valence electrons. The summed E-state index contributed by atoms with van der Waals surface area (Å²) >= 11 is 0. The maximum atomic E-state index is 13.2. The molecule has 0 aromatic heterocycles. The Bertz CT molecular complexity index is 862. The van der Waals surface area contributed by atoms with E-state index in [-0.39, 0.29) is 11.6 Å². The topological polar surface area (TPSA) is 37.4 Å². The summed E-state index contributed by atoms with van der Waals surface area (Å²) in [5.41, 5.74) is 2.97. The van der Waals surface area contributed by atoms with Crippen molar-refractivity contribution in [1.82, 2.24) is 0 Å². The highest BCUT2D eigenvalue weighted by atomic mass is 16.1. The van der Waals surface area contributed by atoms with Gasteiger partial charge in [0, 0.05) is 35.0 Å². The fourth-order valence-electron chi connectivity index (χ4n) is 4.17. The largest absolute Gasteiger partial charge is 0.364 e. The fourth-order valence-corrected chi connectivity index (χ4v) is 4.17. The zero-order valence-corrected chi connectivity index (χ0v) is 14.2. The van der Waals surface area contributed by atoms with Crippen LogP contribution in [0.1, 0.15) is 57.5 Å². The van der Waals surface area contributed by atoms with Crippen molar-refractivity contribution in [3.8, 4) is 0 Å². The minimum absolute atomic E-state index is 0.0483. The van der Waals surface area contributed by atoms with Crippen LogP contribution in [-0.2, 0) is 0 Å². The van der Waals surface area contributed by atoms with Gasteiger partial charge in [-0.25, -0.2) is 0 Å². The Morgan fingerprint density at radius 1 is 0.920 bits per heavy atom. The number of carbonyl (C=O) groups is 2. The van der Waals surface area contributed by atoms with Crippen LogP contribution in [0.5, 0.6) is 0 Å². The Morgan fingerprint density at radius 3 is 2.24 bits per heavy atom. The van der Waals surface area contributed by atoms with Crippen molar-refractivity contribution in [1.29, 1.82) is 0 Å². The summed E-state index contributed by atoms with van der Waals surface area (Å²) in [5, 5.41) is 0. The molecule has 1 fully saturated rings. The summed E-state index contributed by atoms with van der Waals surface area (Å²) in [4.78, 5) is 28.4. The first-order valence-electron chi connectivity index (χ1n) is 8.91. The van der Waals surface area contributed by atoms with E-state index >= 15 is 0 Å². The van der Waals surface area contributed by atoms with Gasteiger partial charge in [0.25, 0.3) is 0 Å². The number of carbonyl (C=O) groups excluding carboxylic acids is 2. The first-order chi connectivity index (χ1) is 12.2. The fraction of sp³-hybridized carbons (Fsp3) is 0.273. The predicted molar refractivity (Wildman–Crippen MR) is 99.5 cm³/mol. The maximum absolute atomic E-state index is 13.2. The summed E-state index contributed by atoms with van der Waals surface area (Å²) in [7, 11) is 0. The van der Waals surface area contributed by atoms with Crippen molar-refractivity contribution in [2.45, 2.75) is 31.7 Å². The van der Waals surface area contributed by atoms with E-state index in [2.05, 4.69) is 11.5 Å². The van der Waals surface area contributed by atoms with Gasteiger partial charge in [0.2, 0.25) is 0 Å². The molecule has 1 saturated carbocycles. The van der Waals surface area contributed by atoms with Gasteiger partial charge in [0.1, 0.15) is 0 Å². The molecule has 0 spiro atoms. The van der Waals surface area contributed by atoms with Crippen LogP contribution < -0.4 is 4.90 Å². The molecular weight excluding hydrogens is 310 g/mol. The maximum Gasteiger partial charge on any atom is 0.196 e. The third-order valence-corrected chi connectivity index (χ3v) is 5.33. The molecular formula is C22H21NO2. The highest BCUT2D eigenvalue weighted by molar-refractivity contribution is 6.30. The van der Waals surface area contributed by atoms with Crippen molar-refractivity contribution in [3.05, 3.63) is 77.4 Å². The van der Waals surface area contributed by atoms with Crippen LogP contribution in [0.15, 0.2) is 55.1 Å². The number of ketones is 2. The van der Waals surface area contributed by atoms with E-state index in [9.17, 15) is 9.59 Å². The van der Waals surface area contributed by atoms with Gasteiger partial charge < -0.3 is 4.90 Å². The Morgan fingerprint density at radius 2 is 1.56 bits per heavy atom. The van der Waals surface area contributed by atoms with Crippen LogP contribution in [-0.4, -0.2) is 24.2 Å². The van der Waals surface area contributed by atoms with Crippen molar-refractivity contribution >= 4 is 17.3 Å². The molecule has 0 atom stereocenters. The lowest BCUT2D eigenvalue weighted by Crippen LogP contribution is -2.36. The van der Waals surface area contributed by atoms with Gasteiger partial charge in [0.05, 0.1) is 5.56 Å². The zero-order chi connectivity index (χ0) is 17.4. The Labute approximate surface area is 148 Å². The third kappa shape index (κ3) is 2.51. The molecule has 4 rings (SSSR count). The van der Waals surface area contributed by atoms with E-state index in [4.69, 9.17) is 0 Å². The average Bonchev–Trinajstić information content (AvgIpc) is 3.18. The molecule has 25 heavy (non-hydrogen) atoms. The van der Waals surface area contributed by atoms with Crippen molar-refractivity contribution in [3.63, 3.8) is 0 Å². The second kappa shape index (κ2) is 6.32. The lowest BCUT2D eigenvalue weighted by Gasteiger charge is -2.33. The van der Waals surface area contributed by atoms with Gasteiger partial charge in [-0.1, -0.05) is 55.3 Å². The normalized spacial score (nSPS) is 16.5. The highest BCUT2D eigenvalue weighted by Gasteiger charge is 2.34. The second-order valence-corrected chi connectivity index (χ2v) is 6.78. The highest BCUT2D eigenvalue weighted by Crippen LogP contribution is 2.36. The molecule has 2 aromatic carbocycles. The van der Waals surface area contributed by atoms with Gasteiger partial charge in [-0.15, -0.1) is 6.58 Å². The van der Waals surface area contributed by atoms with E-state index in [1.54, 1.807) is 24.3 Å². The van der Waals surface area contributed by atoms with Crippen molar-refractivity contribution in [2.24, 2.45) is 0 Å². The molecule has 2 aliphatic rings. The van der Waals surface area contributed by atoms with Crippen LogP contribution in [0.2, 0.25) is 0 Å². The van der Waals surface area contributed by atoms with Gasteiger partial charge in [-0.05, 0) is 18.9 Å². The number of benzene rings is 2. The van der Waals surface area contributed by atoms with Gasteiger partial charge in [-0.2, -0.15) is 0 Å². The summed E-state index contributed by atoms with van der Waals surface area (Å²) in [6.07, 6.45) is 6.54. The molecule has 0 saturated heterocycles. The zero-order valence-electron chi connectivity index (χ0n) is 14.2. The first-order valence-corrected chi connectivity index (χ1v) is 8.91. The summed E-state index contributed by atoms with van der Waals surface area (Å²) in [6, 6.07) is 13.2.